The van der Waals surface area contributed by atoms with Crippen molar-refractivity contribution in [3.8, 4) is 0 Å². The van der Waals surface area contributed by atoms with E-state index in [1.807, 2.05) is 18.5 Å². The predicted molar refractivity (Wildman–Crippen MR) is 96.5 cm³/mol. The van der Waals surface area contributed by atoms with Crippen molar-refractivity contribution in [3.63, 3.8) is 0 Å². The summed E-state index contributed by atoms with van der Waals surface area (Å²) in [5, 5.41) is 9.68. The van der Waals surface area contributed by atoms with Gasteiger partial charge in [-0.15, -0.1) is 0 Å². The maximum atomic E-state index is 12.4. The Morgan fingerprint density at radius 1 is 1.16 bits per heavy atom. The van der Waals surface area contributed by atoms with Crippen molar-refractivity contribution in [1.82, 2.24) is 16.0 Å². The molecule has 1 fully saturated rings. The van der Waals surface area contributed by atoms with Crippen LogP contribution < -0.4 is 16.0 Å². The van der Waals surface area contributed by atoms with E-state index in [4.69, 9.17) is 0 Å². The molecule has 1 atom stereocenters. The molecule has 1 heterocycles. The molecule has 1 aliphatic heterocycles. The van der Waals surface area contributed by atoms with E-state index in [1.165, 1.54) is 37.7 Å². The van der Waals surface area contributed by atoms with Gasteiger partial charge in [0.25, 0.3) is 0 Å². The molecule has 0 aromatic heterocycles. The molecule has 0 spiro atoms. The Hall–Kier alpha value is -2.14. The fraction of sp³-hybridized carbons (Fsp3) is 0.500. The van der Waals surface area contributed by atoms with Crippen LogP contribution in [0, 0.1) is 0 Å². The van der Waals surface area contributed by atoms with E-state index in [-0.39, 0.29) is 17.7 Å². The lowest BCUT2D eigenvalue weighted by Gasteiger charge is -2.23. The number of allylic oxidation sites excluding steroid dienone is 4. The number of amides is 1. The van der Waals surface area contributed by atoms with E-state index in [2.05, 4.69) is 16.0 Å². The second-order valence-electron chi connectivity index (χ2n) is 7.35. The third-order valence-electron chi connectivity index (χ3n) is 5.58. The largest absolute Gasteiger partial charge is 0.367 e. The van der Waals surface area contributed by atoms with E-state index in [0.717, 1.165) is 23.1 Å². The first kappa shape index (κ1) is 16.3. The number of rotatable bonds is 4. The molecule has 0 saturated heterocycles. The zero-order valence-electron chi connectivity index (χ0n) is 14.4. The highest BCUT2D eigenvalue weighted by Crippen LogP contribution is 2.40. The van der Waals surface area contributed by atoms with Gasteiger partial charge in [-0.25, -0.2) is 0 Å². The van der Waals surface area contributed by atoms with E-state index in [1.54, 1.807) is 6.08 Å². The third kappa shape index (κ3) is 3.47. The number of hydrogen-bond acceptors (Lipinski definition) is 4. The van der Waals surface area contributed by atoms with Crippen LogP contribution in [0.25, 0.3) is 0 Å². The van der Waals surface area contributed by atoms with Gasteiger partial charge in [0.15, 0.2) is 5.78 Å². The topological polar surface area (TPSA) is 70.2 Å². The normalized spacial score (nSPS) is 25.8. The van der Waals surface area contributed by atoms with Crippen LogP contribution >= 0.6 is 0 Å². The number of nitrogens with one attached hydrogen (secondary N) is 3. The summed E-state index contributed by atoms with van der Waals surface area (Å²) in [5.41, 5.74) is 4.42. The summed E-state index contributed by atoms with van der Waals surface area (Å²) in [4.78, 5) is 24.5. The molecule has 1 amide bonds. The zero-order chi connectivity index (χ0) is 17.2. The Labute approximate surface area is 148 Å². The average Bonchev–Trinajstić information content (AvgIpc) is 2.86. The van der Waals surface area contributed by atoms with Crippen LogP contribution in [-0.2, 0) is 9.59 Å². The van der Waals surface area contributed by atoms with Crippen LogP contribution in [-0.4, -0.2) is 30.3 Å². The highest BCUT2D eigenvalue weighted by molar-refractivity contribution is 5.94. The molecule has 25 heavy (non-hydrogen) atoms. The lowest BCUT2D eigenvalue weighted by atomic mass is 9.95. The van der Waals surface area contributed by atoms with Crippen molar-refractivity contribution in [1.29, 1.82) is 0 Å². The van der Waals surface area contributed by atoms with E-state index < -0.39 is 0 Å². The predicted octanol–water partition coefficient (Wildman–Crippen LogP) is 1.99. The fourth-order valence-corrected chi connectivity index (χ4v) is 4.33. The number of carbonyl (C=O) groups is 2. The van der Waals surface area contributed by atoms with E-state index >= 15 is 0 Å². The fourth-order valence-electron chi connectivity index (χ4n) is 4.33. The maximum absolute atomic E-state index is 12.4. The van der Waals surface area contributed by atoms with Crippen molar-refractivity contribution in [3.05, 3.63) is 46.8 Å². The van der Waals surface area contributed by atoms with Crippen LogP contribution in [0.5, 0.6) is 0 Å². The molecule has 1 unspecified atom stereocenters. The number of dihydropyridines is 1. The van der Waals surface area contributed by atoms with Gasteiger partial charge < -0.3 is 16.0 Å². The summed E-state index contributed by atoms with van der Waals surface area (Å²) in [7, 11) is 0. The summed E-state index contributed by atoms with van der Waals surface area (Å²) in [5.74, 6) is 0.115. The summed E-state index contributed by atoms with van der Waals surface area (Å²) in [6.45, 7) is 0.357. The molecule has 5 nitrogen and oxygen atoms in total. The van der Waals surface area contributed by atoms with Crippen LogP contribution in [0.15, 0.2) is 46.8 Å². The number of hydrogen-bond donors (Lipinski definition) is 3. The molecule has 4 aliphatic rings. The monoisotopic (exact) mass is 339 g/mol. The van der Waals surface area contributed by atoms with Crippen molar-refractivity contribution in [2.75, 3.05) is 6.54 Å². The van der Waals surface area contributed by atoms with Crippen molar-refractivity contribution < 1.29 is 9.59 Å². The lowest BCUT2D eigenvalue weighted by Crippen LogP contribution is -2.43. The summed E-state index contributed by atoms with van der Waals surface area (Å²) < 4.78 is 0. The summed E-state index contributed by atoms with van der Waals surface area (Å²) in [6, 6.07) is 0.395. The second-order valence-corrected chi connectivity index (χ2v) is 7.35. The van der Waals surface area contributed by atoms with Gasteiger partial charge >= 0.3 is 0 Å². The first-order chi connectivity index (χ1) is 12.2. The molecule has 3 N–H and O–H groups in total. The Bertz CT molecular complexity index is 708. The number of ketones is 1. The molecule has 4 rings (SSSR count). The van der Waals surface area contributed by atoms with Gasteiger partial charge in [0.2, 0.25) is 5.91 Å². The highest BCUT2D eigenvalue weighted by Gasteiger charge is 2.34. The van der Waals surface area contributed by atoms with Crippen LogP contribution in [0.1, 0.15) is 44.9 Å². The molecular formula is C20H25N3O2. The first-order valence-corrected chi connectivity index (χ1v) is 9.33. The smallest absolute Gasteiger partial charge is 0.234 e. The molecule has 0 aromatic carbocycles. The van der Waals surface area contributed by atoms with Gasteiger partial charge in [-0.05, 0) is 53.7 Å². The van der Waals surface area contributed by atoms with E-state index in [0.29, 0.717) is 19.0 Å². The summed E-state index contributed by atoms with van der Waals surface area (Å²) in [6.07, 6.45) is 14.7. The molecule has 0 aromatic rings. The standard InChI is InChI=1S/C20H25N3O2/c24-16-7-6-13-10-21-11-14-8-18(17(9-16)20(13)14)23-19(25)12-22-15-4-2-1-3-5-15/h6-7,10-11,15,18,21-22H,1-5,8-9,12H2,(H,23,25). The molecule has 132 valence electrons. The van der Waals surface area contributed by atoms with Crippen molar-refractivity contribution in [2.24, 2.45) is 0 Å². The third-order valence-corrected chi connectivity index (χ3v) is 5.58. The minimum Gasteiger partial charge on any atom is -0.367 e. The molecule has 0 bridgehead atoms. The Morgan fingerprint density at radius 2 is 2.00 bits per heavy atom. The van der Waals surface area contributed by atoms with Gasteiger partial charge in [-0.2, -0.15) is 0 Å². The Balaban J connectivity index is 1.42. The minimum absolute atomic E-state index is 0.0195. The molecule has 5 heteroatoms. The number of carbonyl (C=O) groups excluding carboxylic acids is 2. The molecule has 0 radical (unpaired) electrons. The minimum atomic E-state index is -0.0749. The van der Waals surface area contributed by atoms with Crippen molar-refractivity contribution in [2.45, 2.75) is 57.0 Å². The first-order valence-electron chi connectivity index (χ1n) is 9.33. The van der Waals surface area contributed by atoms with E-state index in [9.17, 15) is 9.59 Å². The lowest BCUT2D eigenvalue weighted by molar-refractivity contribution is -0.121. The van der Waals surface area contributed by atoms with Crippen LogP contribution in [0.2, 0.25) is 0 Å². The quantitative estimate of drug-likeness (QED) is 0.733. The van der Waals surface area contributed by atoms with Gasteiger partial charge in [0.1, 0.15) is 0 Å². The second kappa shape index (κ2) is 7.00. The average molecular weight is 339 g/mol. The SMILES string of the molecule is O=C1C=CC2=CNC=C3CC(NC(=O)CNC4CCCCC4)C(=C23)C1. The van der Waals surface area contributed by atoms with Gasteiger partial charge in [-0.1, -0.05) is 19.3 Å². The van der Waals surface area contributed by atoms with Crippen LogP contribution in [0.4, 0.5) is 0 Å². The van der Waals surface area contributed by atoms with Crippen LogP contribution in [0.3, 0.4) is 0 Å². The maximum Gasteiger partial charge on any atom is 0.234 e. The van der Waals surface area contributed by atoms with Crippen molar-refractivity contribution >= 4 is 11.7 Å². The Kier molecular flexibility index (Phi) is 4.57. The zero-order valence-corrected chi connectivity index (χ0v) is 14.4. The summed E-state index contributed by atoms with van der Waals surface area (Å²) >= 11 is 0. The highest BCUT2D eigenvalue weighted by atomic mass is 16.2. The van der Waals surface area contributed by atoms with Gasteiger partial charge in [-0.3, -0.25) is 9.59 Å². The molecule has 1 saturated carbocycles. The molecular weight excluding hydrogens is 314 g/mol. The van der Waals surface area contributed by atoms with Gasteiger partial charge in [0.05, 0.1) is 12.6 Å². The molecule has 3 aliphatic carbocycles. The Morgan fingerprint density at radius 3 is 2.84 bits per heavy atom. The van der Waals surface area contributed by atoms with Gasteiger partial charge in [0, 0.05) is 24.9 Å².